The Labute approximate surface area is 453 Å². The second kappa shape index (κ2) is 28.3. The third-order valence-corrected chi connectivity index (χ3v) is 15.5. The molecule has 23 heteroatoms. The average Bonchev–Trinajstić information content (AvgIpc) is 3.81. The van der Waals surface area contributed by atoms with Crippen molar-refractivity contribution in [1.82, 2.24) is 42.2 Å². The van der Waals surface area contributed by atoms with E-state index < -0.39 is 108 Å². The number of aromatic nitrogens is 1. The molecule has 16 N–H and O–H groups in total. The largest absolute Gasteiger partial charge is 0.508 e. The van der Waals surface area contributed by atoms with Crippen molar-refractivity contribution in [3.63, 3.8) is 0 Å². The first-order valence-electron chi connectivity index (χ1n) is 25.4. The molecule has 21 nitrogen and oxygen atoms in total. The Bertz CT molecular complexity index is 2890. The maximum absolute atomic E-state index is 14.9. The molecule has 8 amide bonds. The van der Waals surface area contributed by atoms with Crippen molar-refractivity contribution in [1.29, 1.82) is 0 Å². The van der Waals surface area contributed by atoms with Crippen molar-refractivity contribution >= 4 is 90.5 Å². The highest BCUT2D eigenvalue weighted by atomic mass is 33.1. The van der Waals surface area contributed by atoms with E-state index in [2.05, 4.69) is 42.2 Å². The van der Waals surface area contributed by atoms with Crippen molar-refractivity contribution in [3.05, 3.63) is 114 Å². The first-order valence-corrected chi connectivity index (χ1v) is 27.9. The summed E-state index contributed by atoms with van der Waals surface area (Å²) in [6, 6.07) is 15.8. The number of fused-ring (bicyclic) bond motifs is 2. The zero-order chi connectivity index (χ0) is 55.8. The Balaban J connectivity index is 1.39. The number of unbranched alkanes of at least 4 members (excludes halogenated alkanes) is 1. The third kappa shape index (κ3) is 16.9. The van der Waals surface area contributed by atoms with E-state index >= 15 is 0 Å². The molecule has 3 unspecified atom stereocenters. The van der Waals surface area contributed by atoms with Crippen molar-refractivity contribution in [3.8, 4) is 5.75 Å². The molecule has 0 bridgehead atoms. The van der Waals surface area contributed by atoms with Crippen LogP contribution in [0.25, 0.3) is 21.7 Å². The molecule has 0 radical (unpaired) electrons. The molecule has 2 heterocycles. The number of hydrogen-bond acceptors (Lipinski definition) is 14. The predicted molar refractivity (Wildman–Crippen MR) is 296 cm³/mol. The lowest BCUT2D eigenvalue weighted by Gasteiger charge is -2.29. The molecule has 1 saturated heterocycles. The Morgan fingerprint density at radius 1 is 0.714 bits per heavy atom. The second-order valence-electron chi connectivity index (χ2n) is 19.4. The monoisotopic (exact) mass is 1100 g/mol. The minimum atomic E-state index is -1.55. The van der Waals surface area contributed by atoms with Gasteiger partial charge in [0.2, 0.25) is 47.3 Å². The summed E-state index contributed by atoms with van der Waals surface area (Å²) in [5, 5.41) is 42.1. The highest BCUT2D eigenvalue weighted by Gasteiger charge is 2.36. The third-order valence-electron chi connectivity index (χ3n) is 13.1. The van der Waals surface area contributed by atoms with Gasteiger partial charge < -0.3 is 69.6 Å². The molecule has 412 valence electrons. The van der Waals surface area contributed by atoms with E-state index in [1.54, 1.807) is 32.2 Å². The zero-order valence-electron chi connectivity index (χ0n) is 43.1. The van der Waals surface area contributed by atoms with Crippen LogP contribution < -0.4 is 54.4 Å². The first kappa shape index (κ1) is 59.1. The molecule has 0 aliphatic carbocycles. The normalized spacial score (nSPS) is 21.6. The number of carbonyl (C=O) groups excluding carboxylic acids is 8. The van der Waals surface area contributed by atoms with Crippen molar-refractivity contribution in [2.24, 2.45) is 23.1 Å². The van der Waals surface area contributed by atoms with Gasteiger partial charge in [-0.05, 0) is 90.7 Å². The van der Waals surface area contributed by atoms with Gasteiger partial charge in [0.25, 0.3) is 0 Å². The molecular formula is C54H69N11O10S2. The van der Waals surface area contributed by atoms with Gasteiger partial charge in [0.05, 0.1) is 12.1 Å². The van der Waals surface area contributed by atoms with Crippen LogP contribution in [-0.2, 0) is 57.6 Å². The number of rotatable bonds is 17. The minimum Gasteiger partial charge on any atom is -0.508 e. The van der Waals surface area contributed by atoms with Crippen LogP contribution in [0.3, 0.4) is 0 Å². The number of aromatic amines is 1. The van der Waals surface area contributed by atoms with Gasteiger partial charge in [0, 0.05) is 41.4 Å². The van der Waals surface area contributed by atoms with Crippen molar-refractivity contribution in [2.75, 3.05) is 18.1 Å². The van der Waals surface area contributed by atoms with Gasteiger partial charge in [0.15, 0.2) is 0 Å². The summed E-state index contributed by atoms with van der Waals surface area (Å²) in [5.74, 6) is -7.66. The summed E-state index contributed by atoms with van der Waals surface area (Å²) in [6.07, 6.45) is 1.05. The predicted octanol–water partition coefficient (Wildman–Crippen LogP) is 0.822. The lowest BCUT2D eigenvalue weighted by atomic mass is 10.00. The van der Waals surface area contributed by atoms with E-state index in [0.717, 1.165) is 48.8 Å². The fourth-order valence-corrected chi connectivity index (χ4v) is 11.0. The summed E-state index contributed by atoms with van der Waals surface area (Å²) in [6.45, 7) is 4.85. The van der Waals surface area contributed by atoms with E-state index in [4.69, 9.17) is 17.2 Å². The quantitative estimate of drug-likeness (QED) is 0.0453. The van der Waals surface area contributed by atoms with Gasteiger partial charge in [-0.25, -0.2) is 0 Å². The molecule has 1 fully saturated rings. The van der Waals surface area contributed by atoms with E-state index in [1.165, 1.54) is 19.1 Å². The smallest absolute Gasteiger partial charge is 0.244 e. The van der Waals surface area contributed by atoms with E-state index in [1.807, 2.05) is 66.7 Å². The van der Waals surface area contributed by atoms with Crippen LogP contribution in [0, 0.1) is 5.92 Å². The molecule has 1 aromatic heterocycles. The Morgan fingerprint density at radius 3 is 2.03 bits per heavy atom. The molecule has 4 aromatic carbocycles. The number of amides is 8. The number of benzene rings is 4. The SMILES string of the molecule is CC(C)C1NC(=O)C(CCCCN)NC(=O)[C@@H](Cc2c[nH]c3ccccc23)NC(=O)[C@H](Cc2ccc(O)cc2)NC(=O)C(NC(=O)[C@H](N)Cc2ccc3ccccc3c2)CSSC[C@@H](C(=O)N[C@H](C(N)=O)[C@@H](C)O)NC1=O. The van der Waals surface area contributed by atoms with E-state index in [9.17, 15) is 48.6 Å². The standard InChI is InChI=1S/C54H69N11O10S2/c1-29(2)45-54(75)63-44(53(74)65-46(30(3)66)47(57)68)28-77-76-27-43(62-48(69)38(56)23-32-15-18-33-10-4-5-11-34(33)22-32)52(73)60-41(24-31-16-19-36(67)20-17-31)50(71)61-42(25-35-26-58-39-13-7-6-12-37(35)39)51(72)59-40(49(70)64-45)14-8-9-21-55/h4-7,10-13,15-20,22,26,29-30,38,40-46,58,66-67H,8-9,14,21,23-25,27-28,55-56H2,1-3H3,(H2,57,68)(H,59,72)(H,60,73)(H,61,71)(H,62,69)(H,63,75)(H,64,70)(H,65,74)/t30-,38-,40?,41+,42-,43?,44+,45?,46+/m1/s1. The summed E-state index contributed by atoms with van der Waals surface area (Å²) in [7, 11) is 2.03. The topological polar surface area (TPSA) is 355 Å². The molecule has 1 aliphatic rings. The molecule has 5 aromatic rings. The number of carbonyl (C=O) groups is 8. The number of H-pyrrole nitrogens is 1. The number of aliphatic hydroxyl groups is 1. The number of primary amides is 1. The summed E-state index contributed by atoms with van der Waals surface area (Å²) >= 11 is 0. The molecule has 1 aliphatic heterocycles. The fourth-order valence-electron chi connectivity index (χ4n) is 8.71. The number of nitrogens with one attached hydrogen (secondary N) is 8. The number of phenols is 1. The van der Waals surface area contributed by atoms with Crippen LogP contribution in [0.5, 0.6) is 5.75 Å². The second-order valence-corrected chi connectivity index (χ2v) is 22.0. The maximum atomic E-state index is 14.9. The molecule has 0 saturated carbocycles. The lowest BCUT2D eigenvalue weighted by Crippen LogP contribution is -2.62. The number of aliphatic hydroxyl groups excluding tert-OH is 1. The number of nitrogens with two attached hydrogens (primary N) is 3. The van der Waals surface area contributed by atoms with E-state index in [0.29, 0.717) is 24.0 Å². The van der Waals surface area contributed by atoms with Crippen molar-refractivity contribution < 1.29 is 48.6 Å². The van der Waals surface area contributed by atoms with Gasteiger partial charge in [-0.15, -0.1) is 0 Å². The molecule has 6 rings (SSSR count). The van der Waals surface area contributed by atoms with Crippen LogP contribution in [0.15, 0.2) is 97.2 Å². The van der Waals surface area contributed by atoms with Crippen LogP contribution >= 0.6 is 21.6 Å². The number of phenolic OH excluding ortho intramolecular Hbond substituents is 1. The molecule has 0 spiro atoms. The Hall–Kier alpha value is -7.18. The van der Waals surface area contributed by atoms with Gasteiger partial charge in [-0.1, -0.05) is 108 Å². The van der Waals surface area contributed by atoms with Crippen LogP contribution in [0.1, 0.15) is 56.7 Å². The van der Waals surface area contributed by atoms with Crippen LogP contribution in [0.2, 0.25) is 0 Å². The maximum Gasteiger partial charge on any atom is 0.244 e. The highest BCUT2D eigenvalue weighted by molar-refractivity contribution is 8.76. The fraction of sp³-hybridized carbons (Fsp3) is 0.407. The Morgan fingerprint density at radius 2 is 1.34 bits per heavy atom. The van der Waals surface area contributed by atoms with E-state index in [-0.39, 0.29) is 49.5 Å². The lowest BCUT2D eigenvalue weighted by molar-refractivity contribution is -0.136. The summed E-state index contributed by atoms with van der Waals surface area (Å²) < 4.78 is 0. The minimum absolute atomic E-state index is 0.0501. The van der Waals surface area contributed by atoms with Gasteiger partial charge in [-0.2, -0.15) is 0 Å². The van der Waals surface area contributed by atoms with Gasteiger partial charge in [-0.3, -0.25) is 38.4 Å². The molecular weight excluding hydrogens is 1030 g/mol. The summed E-state index contributed by atoms with van der Waals surface area (Å²) in [5.41, 5.74) is 20.5. The zero-order valence-corrected chi connectivity index (χ0v) is 44.7. The average molecular weight is 1100 g/mol. The van der Waals surface area contributed by atoms with Gasteiger partial charge in [0.1, 0.15) is 48.0 Å². The number of para-hydroxylation sites is 1. The molecule has 9 atom stereocenters. The highest BCUT2D eigenvalue weighted by Crippen LogP contribution is 2.25. The number of hydrogen-bond donors (Lipinski definition) is 13. The number of aromatic hydroxyl groups is 1. The summed E-state index contributed by atoms with van der Waals surface area (Å²) in [4.78, 5) is 116. The van der Waals surface area contributed by atoms with Crippen molar-refractivity contribution in [2.45, 2.75) is 114 Å². The van der Waals surface area contributed by atoms with Crippen LogP contribution in [-0.4, -0.2) is 135 Å². The molecule has 77 heavy (non-hydrogen) atoms. The van der Waals surface area contributed by atoms with Gasteiger partial charge >= 0.3 is 0 Å². The first-order chi connectivity index (χ1) is 36.8. The Kier molecular flexibility index (Phi) is 21.7. The van der Waals surface area contributed by atoms with Crippen LogP contribution in [0.4, 0.5) is 0 Å².